The van der Waals surface area contributed by atoms with Crippen LogP contribution in [0, 0.1) is 11.8 Å². The third kappa shape index (κ3) is 13.5. The number of nitrogens with one attached hydrogen (secondary N) is 4. The predicted octanol–water partition coefficient (Wildman–Crippen LogP) is 1.20. The van der Waals surface area contributed by atoms with Crippen molar-refractivity contribution in [3.63, 3.8) is 0 Å². The van der Waals surface area contributed by atoms with Crippen molar-refractivity contribution in [3.8, 4) is 0 Å². The van der Waals surface area contributed by atoms with Crippen LogP contribution in [0.1, 0.15) is 75.4 Å². The van der Waals surface area contributed by atoms with Crippen molar-refractivity contribution in [1.29, 1.82) is 0 Å². The highest BCUT2D eigenvalue weighted by molar-refractivity contribution is 6.32. The van der Waals surface area contributed by atoms with Gasteiger partial charge in [-0.15, -0.1) is 0 Å². The molecule has 2 aromatic carbocycles. The van der Waals surface area contributed by atoms with Gasteiger partial charge in [-0.05, 0) is 62.8 Å². The lowest BCUT2D eigenvalue weighted by molar-refractivity contribution is -0.160. The van der Waals surface area contributed by atoms with Gasteiger partial charge in [0.2, 0.25) is 35.4 Å². The summed E-state index contributed by atoms with van der Waals surface area (Å²) in [7, 11) is 5.26. The van der Waals surface area contributed by atoms with Gasteiger partial charge in [-0.3, -0.25) is 43.3 Å². The molecule has 77 heavy (non-hydrogen) atoms. The average Bonchev–Trinajstić information content (AvgIpc) is 3.39. The topological polar surface area (TPSA) is 302 Å². The average molecular weight is 1080 g/mol. The van der Waals surface area contributed by atoms with Crippen molar-refractivity contribution in [2.75, 3.05) is 41.4 Å². The van der Waals surface area contributed by atoms with Gasteiger partial charge < -0.3 is 50.3 Å². The molecule has 6 rings (SSSR count). The van der Waals surface area contributed by atoms with E-state index >= 15 is 0 Å². The number of carbonyl (C=O) groups is 10. The molecule has 410 valence electrons. The summed E-state index contributed by atoms with van der Waals surface area (Å²) in [4.78, 5) is 164. The monoisotopic (exact) mass is 1080 g/mol. The zero-order valence-electron chi connectivity index (χ0n) is 44.3. The van der Waals surface area contributed by atoms with E-state index in [1.807, 2.05) is 0 Å². The van der Waals surface area contributed by atoms with Gasteiger partial charge in [0.05, 0.1) is 28.3 Å². The van der Waals surface area contributed by atoms with Gasteiger partial charge in [0.1, 0.15) is 67.2 Å². The second-order valence-electron chi connectivity index (χ2n) is 19.5. The SMILES string of the molecule is CC1NC(=O)C(NC(=O)c2cnc3ccccc3n2)COC(=O)C(C(C)C)N(C)C(=O)[C@@H]2C/C=C\C[C@@H](C(=O)N(C)C(C(C)C)C(=O)OCC(NC(=O)c3nc4ccccc4nc3Cl)C(=O)NC(C)C(=O)N2C)N(C)C1=O. The Bertz CT molecular complexity index is 2990. The van der Waals surface area contributed by atoms with Gasteiger partial charge in [-0.1, -0.05) is 75.7 Å². The summed E-state index contributed by atoms with van der Waals surface area (Å²) in [6, 6.07) is 1.62. The summed E-state index contributed by atoms with van der Waals surface area (Å²) >= 11 is 6.40. The van der Waals surface area contributed by atoms with Crippen LogP contribution in [0.2, 0.25) is 5.15 Å². The summed E-state index contributed by atoms with van der Waals surface area (Å²) in [6.07, 6.45) is 3.76. The number of aromatic nitrogens is 4. The third-order valence-electron chi connectivity index (χ3n) is 13.3. The molecule has 0 aliphatic carbocycles. The zero-order valence-corrected chi connectivity index (χ0v) is 45.1. The van der Waals surface area contributed by atoms with Crippen LogP contribution in [0.3, 0.4) is 0 Å². The van der Waals surface area contributed by atoms with Crippen LogP contribution >= 0.6 is 11.6 Å². The molecule has 25 heteroatoms. The Hall–Kier alpha value is -8.15. The summed E-state index contributed by atoms with van der Waals surface area (Å²) in [5.74, 6) is -10.3. The Morgan fingerprint density at radius 3 is 1.43 bits per heavy atom. The number of esters is 2. The molecule has 0 fully saturated rings. The molecule has 0 saturated heterocycles. The van der Waals surface area contributed by atoms with Crippen molar-refractivity contribution in [2.24, 2.45) is 11.8 Å². The van der Waals surface area contributed by atoms with Gasteiger partial charge in [-0.25, -0.2) is 24.5 Å². The number of cyclic esters (lactones) is 2. The van der Waals surface area contributed by atoms with Gasteiger partial charge in [-0.2, -0.15) is 0 Å². The van der Waals surface area contributed by atoms with E-state index < -0.39 is 133 Å². The standard InChI is InChI=1S/C52H63ClN12O12/c1-26(2)40-51(74)76-24-35(60-43(66)34-23-54-30-17-11-12-18-31(30)57-34)44(67)55-28(5)47(70)62(7)37-21-15-16-22-38(49(72)64(40)9)63(8)48(71)29(6)56-45(68)36(25-77-52(75)41(27(3)4)65(10)50(37)73)61-46(69)39-42(53)59-33-20-14-13-19-32(33)58-39/h11-20,23,26-29,35-38,40-41H,21-22,24-25H2,1-10H3,(H,55,67)(H,56,68)(H,60,66)(H,61,69)/b16-15-/t28?,29?,35?,36?,37-,38-,40?,41?/m0/s1. The maximum absolute atomic E-state index is 14.8. The number of amides is 8. The molecule has 8 atom stereocenters. The number of halogens is 1. The molecule has 0 saturated carbocycles. The van der Waals surface area contributed by atoms with E-state index in [0.29, 0.717) is 22.1 Å². The van der Waals surface area contributed by atoms with Crippen LogP contribution in [0.4, 0.5) is 0 Å². The van der Waals surface area contributed by atoms with E-state index in [2.05, 4.69) is 41.2 Å². The summed E-state index contributed by atoms with van der Waals surface area (Å²) in [5, 5.41) is 9.78. The van der Waals surface area contributed by atoms with E-state index in [9.17, 15) is 47.9 Å². The first-order valence-electron chi connectivity index (χ1n) is 24.8. The van der Waals surface area contributed by atoms with Crippen LogP contribution < -0.4 is 21.3 Å². The molecule has 4 heterocycles. The highest BCUT2D eigenvalue weighted by atomic mass is 35.5. The first-order valence-corrected chi connectivity index (χ1v) is 25.2. The van der Waals surface area contributed by atoms with Gasteiger partial charge >= 0.3 is 11.9 Å². The second kappa shape index (κ2) is 25.1. The van der Waals surface area contributed by atoms with Crippen molar-refractivity contribution >= 4 is 92.9 Å². The van der Waals surface area contributed by atoms with E-state index in [0.717, 1.165) is 19.6 Å². The van der Waals surface area contributed by atoms with Crippen molar-refractivity contribution in [2.45, 2.75) is 103 Å². The Kier molecular flexibility index (Phi) is 19.0. The number of nitrogens with zero attached hydrogens (tertiary/aromatic N) is 8. The number of hydrogen-bond donors (Lipinski definition) is 4. The maximum Gasteiger partial charge on any atom is 0.329 e. The molecule has 8 amide bonds. The molecule has 2 bridgehead atoms. The van der Waals surface area contributed by atoms with E-state index in [-0.39, 0.29) is 29.4 Å². The molecule has 4 N–H and O–H groups in total. The first-order chi connectivity index (χ1) is 36.4. The number of benzene rings is 2. The number of carbonyl (C=O) groups excluding carboxylic acids is 10. The fraction of sp³-hybridized carbons (Fsp3) is 0.462. The Balaban J connectivity index is 1.41. The van der Waals surface area contributed by atoms with Gasteiger partial charge in [0, 0.05) is 28.2 Å². The molecule has 2 aliphatic rings. The van der Waals surface area contributed by atoms with Crippen LogP contribution in [0.5, 0.6) is 0 Å². The zero-order chi connectivity index (χ0) is 56.6. The molecule has 2 aromatic heterocycles. The van der Waals surface area contributed by atoms with Crippen molar-refractivity contribution in [1.82, 2.24) is 60.8 Å². The van der Waals surface area contributed by atoms with Crippen molar-refractivity contribution < 1.29 is 57.4 Å². The smallest absolute Gasteiger partial charge is 0.329 e. The lowest BCUT2D eigenvalue weighted by Crippen LogP contribution is -2.60. The number of para-hydroxylation sites is 4. The lowest BCUT2D eigenvalue weighted by Gasteiger charge is -2.37. The normalized spacial score (nSPS) is 24.8. The van der Waals surface area contributed by atoms with Crippen LogP contribution in [-0.4, -0.2) is 188 Å². The highest BCUT2D eigenvalue weighted by Gasteiger charge is 2.42. The van der Waals surface area contributed by atoms with Crippen LogP contribution in [-0.2, 0) is 47.8 Å². The Morgan fingerprint density at radius 1 is 0.584 bits per heavy atom. The lowest BCUT2D eigenvalue weighted by atomic mass is 9.99. The minimum atomic E-state index is -1.72. The predicted molar refractivity (Wildman–Crippen MR) is 278 cm³/mol. The summed E-state index contributed by atoms with van der Waals surface area (Å²) < 4.78 is 11.4. The fourth-order valence-electron chi connectivity index (χ4n) is 8.98. The number of likely N-dealkylation sites (N-methyl/N-ethyl adjacent to an activating group) is 4. The largest absolute Gasteiger partial charge is 0.461 e. The molecular weight excluding hydrogens is 1020 g/mol. The molecule has 0 spiro atoms. The second-order valence-corrected chi connectivity index (χ2v) is 19.9. The Morgan fingerprint density at radius 2 is 0.987 bits per heavy atom. The molecule has 2 aliphatic heterocycles. The summed E-state index contributed by atoms with van der Waals surface area (Å²) in [6.45, 7) is 7.56. The van der Waals surface area contributed by atoms with E-state index in [4.69, 9.17) is 21.1 Å². The fourth-order valence-corrected chi connectivity index (χ4v) is 9.20. The van der Waals surface area contributed by atoms with Gasteiger partial charge in [0.25, 0.3) is 11.8 Å². The highest BCUT2D eigenvalue weighted by Crippen LogP contribution is 2.22. The number of rotatable bonds is 6. The van der Waals surface area contributed by atoms with Crippen LogP contribution in [0.15, 0.2) is 66.9 Å². The summed E-state index contributed by atoms with van der Waals surface area (Å²) in [5.41, 5.74) is 0.985. The minimum absolute atomic E-state index is 0.188. The molecule has 24 nitrogen and oxygen atoms in total. The van der Waals surface area contributed by atoms with E-state index in [1.165, 1.54) is 60.4 Å². The number of ether oxygens (including phenoxy) is 2. The number of fused-ring (bicyclic) bond motifs is 6. The quantitative estimate of drug-likeness (QED) is 0.156. The van der Waals surface area contributed by atoms with Crippen LogP contribution in [0.25, 0.3) is 22.1 Å². The molecule has 6 unspecified atom stereocenters. The van der Waals surface area contributed by atoms with Gasteiger partial charge in [0.15, 0.2) is 10.8 Å². The van der Waals surface area contributed by atoms with E-state index in [1.54, 1.807) is 76.2 Å². The molecular formula is C52H63ClN12O12. The third-order valence-corrected chi connectivity index (χ3v) is 13.5. The minimum Gasteiger partial charge on any atom is -0.461 e. The first kappa shape index (κ1) is 58.1. The molecule has 0 radical (unpaired) electrons. The molecule has 4 aromatic rings. The Labute approximate surface area is 449 Å². The van der Waals surface area contributed by atoms with Crippen molar-refractivity contribution in [3.05, 3.63) is 83.4 Å². The maximum atomic E-state index is 14.8. The number of hydrogen-bond acceptors (Lipinski definition) is 16.